The van der Waals surface area contributed by atoms with E-state index in [0.29, 0.717) is 5.56 Å². The summed E-state index contributed by atoms with van der Waals surface area (Å²) in [6.45, 7) is 2.01. The fourth-order valence-electron chi connectivity index (χ4n) is 1.13. The van der Waals surface area contributed by atoms with Gasteiger partial charge in [0, 0.05) is 0 Å². The highest BCUT2D eigenvalue weighted by Gasteiger charge is 2.03. The van der Waals surface area contributed by atoms with E-state index < -0.39 is 0 Å². The van der Waals surface area contributed by atoms with Gasteiger partial charge in [-0.15, -0.1) is 0 Å². The molecule has 0 unspecified atom stereocenters. The van der Waals surface area contributed by atoms with E-state index in [9.17, 15) is 4.79 Å². The molecule has 0 atom stereocenters. The SMILES string of the molecule is C[B]Cc1ccc(C(=O)OC)cc1. The van der Waals surface area contributed by atoms with E-state index >= 15 is 0 Å². The number of benzene rings is 1. The van der Waals surface area contributed by atoms with Gasteiger partial charge < -0.3 is 4.74 Å². The lowest BCUT2D eigenvalue weighted by Crippen LogP contribution is -2.01. The van der Waals surface area contributed by atoms with E-state index in [4.69, 9.17) is 0 Å². The van der Waals surface area contributed by atoms with Crippen molar-refractivity contribution in [1.29, 1.82) is 0 Å². The number of hydrogen-bond donors (Lipinski definition) is 0. The van der Waals surface area contributed by atoms with Gasteiger partial charge >= 0.3 is 5.97 Å². The van der Waals surface area contributed by atoms with Gasteiger partial charge in [-0.3, -0.25) is 0 Å². The molecular weight excluding hydrogens is 163 g/mol. The van der Waals surface area contributed by atoms with Crippen LogP contribution in [0.4, 0.5) is 0 Å². The van der Waals surface area contributed by atoms with Gasteiger partial charge in [0.05, 0.1) is 12.7 Å². The van der Waals surface area contributed by atoms with E-state index in [1.165, 1.54) is 12.7 Å². The van der Waals surface area contributed by atoms with E-state index in [1.54, 1.807) is 12.1 Å². The second-order valence-corrected chi connectivity index (χ2v) is 2.80. The summed E-state index contributed by atoms with van der Waals surface area (Å²) in [6.07, 6.45) is 0.932. The fourth-order valence-corrected chi connectivity index (χ4v) is 1.13. The predicted molar refractivity (Wildman–Crippen MR) is 53.1 cm³/mol. The summed E-state index contributed by atoms with van der Waals surface area (Å²) < 4.78 is 4.59. The first-order valence-corrected chi connectivity index (χ1v) is 4.23. The van der Waals surface area contributed by atoms with Gasteiger partial charge in [0.25, 0.3) is 0 Å². The average molecular weight is 175 g/mol. The van der Waals surface area contributed by atoms with Crippen LogP contribution in [-0.4, -0.2) is 20.4 Å². The van der Waals surface area contributed by atoms with Crippen LogP contribution in [-0.2, 0) is 11.1 Å². The molecule has 1 rings (SSSR count). The molecule has 1 aromatic carbocycles. The van der Waals surface area contributed by atoms with Gasteiger partial charge in [-0.05, 0) is 12.1 Å². The third-order valence-corrected chi connectivity index (χ3v) is 1.81. The lowest BCUT2D eigenvalue weighted by molar-refractivity contribution is 0.0601. The summed E-state index contributed by atoms with van der Waals surface area (Å²) in [7, 11) is 3.46. The molecule has 1 radical (unpaired) electrons. The van der Waals surface area contributed by atoms with Crippen LogP contribution in [0.2, 0.25) is 6.82 Å². The molecule has 3 heteroatoms. The van der Waals surface area contributed by atoms with Crippen molar-refractivity contribution in [3.05, 3.63) is 35.4 Å². The highest BCUT2D eigenvalue weighted by atomic mass is 16.5. The van der Waals surface area contributed by atoms with Gasteiger partial charge in [-0.2, -0.15) is 0 Å². The van der Waals surface area contributed by atoms with Crippen LogP contribution >= 0.6 is 0 Å². The Balaban J connectivity index is 2.75. The molecule has 0 amide bonds. The maximum atomic E-state index is 11.1. The highest BCUT2D eigenvalue weighted by molar-refractivity contribution is 6.32. The van der Waals surface area contributed by atoms with Gasteiger partial charge in [0.1, 0.15) is 7.28 Å². The molecule has 0 saturated carbocycles. The van der Waals surface area contributed by atoms with Gasteiger partial charge in [0.2, 0.25) is 0 Å². The number of rotatable bonds is 3. The number of hydrogen-bond acceptors (Lipinski definition) is 2. The largest absolute Gasteiger partial charge is 0.465 e. The average Bonchev–Trinajstić information content (AvgIpc) is 2.18. The maximum absolute atomic E-state index is 11.1. The van der Waals surface area contributed by atoms with Gasteiger partial charge in [-0.25, -0.2) is 4.79 Å². The topological polar surface area (TPSA) is 26.3 Å². The number of methoxy groups -OCH3 is 1. The zero-order valence-corrected chi connectivity index (χ0v) is 7.91. The molecule has 1 aromatic rings. The third kappa shape index (κ3) is 2.62. The van der Waals surface area contributed by atoms with Crippen LogP contribution in [0.15, 0.2) is 24.3 Å². The van der Waals surface area contributed by atoms with Crippen molar-refractivity contribution in [1.82, 2.24) is 0 Å². The number of esters is 1. The normalized spacial score (nSPS) is 9.38. The van der Waals surface area contributed by atoms with E-state index in [2.05, 4.69) is 12.0 Å². The first-order chi connectivity index (χ1) is 6.27. The Kier molecular flexibility index (Phi) is 3.56. The van der Waals surface area contributed by atoms with Gasteiger partial charge in [0.15, 0.2) is 0 Å². The second-order valence-electron chi connectivity index (χ2n) is 2.80. The quantitative estimate of drug-likeness (QED) is 0.516. The standard InChI is InChI=1S/C10H12BO2/c1-11-7-8-3-5-9(6-4-8)10(12)13-2/h3-6H,7H2,1-2H3. The molecule has 0 heterocycles. The molecule has 0 aliphatic heterocycles. The fraction of sp³-hybridized carbons (Fsp3) is 0.300. The molecule has 0 spiro atoms. The minimum Gasteiger partial charge on any atom is -0.465 e. The van der Waals surface area contributed by atoms with Crippen molar-refractivity contribution in [2.45, 2.75) is 13.1 Å². The molecule has 13 heavy (non-hydrogen) atoms. The zero-order valence-electron chi connectivity index (χ0n) is 7.91. The molecule has 0 aliphatic carbocycles. The van der Waals surface area contributed by atoms with Crippen molar-refractivity contribution < 1.29 is 9.53 Å². The van der Waals surface area contributed by atoms with Crippen LogP contribution in [0.3, 0.4) is 0 Å². The molecule has 0 N–H and O–H groups in total. The molecule has 0 bridgehead atoms. The highest BCUT2D eigenvalue weighted by Crippen LogP contribution is 2.05. The molecule has 67 valence electrons. The van der Waals surface area contributed by atoms with E-state index in [-0.39, 0.29) is 5.97 Å². The smallest absolute Gasteiger partial charge is 0.337 e. The predicted octanol–water partition coefficient (Wildman–Crippen LogP) is 1.73. The van der Waals surface area contributed by atoms with Crippen molar-refractivity contribution in [3.8, 4) is 0 Å². The minimum absolute atomic E-state index is 0.285. The summed E-state index contributed by atoms with van der Waals surface area (Å²) in [6, 6.07) is 7.44. The maximum Gasteiger partial charge on any atom is 0.337 e. The monoisotopic (exact) mass is 175 g/mol. The van der Waals surface area contributed by atoms with Crippen LogP contribution in [0.1, 0.15) is 15.9 Å². The Hall–Kier alpha value is -1.25. The van der Waals surface area contributed by atoms with Crippen molar-refractivity contribution >= 4 is 13.2 Å². The van der Waals surface area contributed by atoms with Crippen LogP contribution in [0.5, 0.6) is 0 Å². The lowest BCUT2D eigenvalue weighted by atomic mass is 9.75. The number of carbonyl (C=O) groups is 1. The zero-order chi connectivity index (χ0) is 9.68. The summed E-state index contributed by atoms with van der Waals surface area (Å²) in [5.74, 6) is -0.285. The lowest BCUT2D eigenvalue weighted by Gasteiger charge is -2.00. The van der Waals surface area contributed by atoms with Crippen LogP contribution in [0.25, 0.3) is 0 Å². The summed E-state index contributed by atoms with van der Waals surface area (Å²) >= 11 is 0. The minimum atomic E-state index is -0.285. The number of ether oxygens (including phenoxy) is 1. The Bertz CT molecular complexity index is 279. The Morgan fingerprint density at radius 1 is 1.38 bits per heavy atom. The first-order valence-electron chi connectivity index (χ1n) is 4.23. The van der Waals surface area contributed by atoms with Gasteiger partial charge in [-0.1, -0.05) is 30.8 Å². The van der Waals surface area contributed by atoms with Crippen molar-refractivity contribution in [2.24, 2.45) is 0 Å². The second kappa shape index (κ2) is 4.70. The summed E-state index contributed by atoms with van der Waals surface area (Å²) in [5, 5.41) is 0. The molecular formula is C10H12BO2. The summed E-state index contributed by atoms with van der Waals surface area (Å²) in [4.78, 5) is 11.1. The summed E-state index contributed by atoms with van der Waals surface area (Å²) in [5.41, 5.74) is 1.80. The van der Waals surface area contributed by atoms with E-state index in [0.717, 1.165) is 6.32 Å². The molecule has 0 aliphatic rings. The molecule has 0 fully saturated rings. The van der Waals surface area contributed by atoms with Crippen molar-refractivity contribution in [2.75, 3.05) is 7.11 Å². The first kappa shape index (κ1) is 9.84. The third-order valence-electron chi connectivity index (χ3n) is 1.81. The molecule has 2 nitrogen and oxygen atoms in total. The van der Waals surface area contributed by atoms with Crippen LogP contribution in [0, 0.1) is 0 Å². The molecule has 0 saturated heterocycles. The molecule has 0 aromatic heterocycles. The Morgan fingerprint density at radius 2 is 2.00 bits per heavy atom. The van der Waals surface area contributed by atoms with Crippen LogP contribution < -0.4 is 0 Å². The van der Waals surface area contributed by atoms with E-state index in [1.807, 2.05) is 19.0 Å². The Morgan fingerprint density at radius 3 is 2.46 bits per heavy atom. The van der Waals surface area contributed by atoms with Crippen molar-refractivity contribution in [3.63, 3.8) is 0 Å². The Labute approximate surface area is 79.2 Å². The number of carbonyl (C=O) groups excluding carboxylic acids is 1.